The van der Waals surface area contributed by atoms with Crippen LogP contribution in [0.4, 0.5) is 0 Å². The van der Waals surface area contributed by atoms with Crippen LogP contribution in [0.2, 0.25) is 0 Å². The Kier molecular flexibility index (Phi) is 4.03. The molecule has 1 aromatic heterocycles. The Morgan fingerprint density at radius 1 is 1.33 bits per heavy atom. The zero-order valence-electron chi connectivity index (χ0n) is 11.4. The molecular formula is C14H13N3O2S2. The van der Waals surface area contributed by atoms with E-state index in [2.05, 4.69) is 10.2 Å². The number of hydrogen-bond acceptors (Lipinski definition) is 6. The fourth-order valence-electron chi connectivity index (χ4n) is 2.05. The molecule has 1 saturated heterocycles. The van der Waals surface area contributed by atoms with Gasteiger partial charge < -0.3 is 4.42 Å². The van der Waals surface area contributed by atoms with Crippen LogP contribution in [0.1, 0.15) is 19.2 Å². The number of thioether (sulfide) groups is 1. The monoisotopic (exact) mass is 319 g/mol. The Balaban J connectivity index is 1.76. The molecule has 7 heteroatoms. The third-order valence-corrected chi connectivity index (χ3v) is 4.91. The largest absolute Gasteiger partial charge is 0.419 e. The molecule has 1 atom stereocenters. The Morgan fingerprint density at radius 3 is 2.76 bits per heavy atom. The molecule has 1 fully saturated rings. The minimum Gasteiger partial charge on any atom is -0.419 e. The summed E-state index contributed by atoms with van der Waals surface area (Å²) in [5, 5.41) is 7.92. The minimum atomic E-state index is -0.0889. The molecule has 1 unspecified atom stereocenters. The van der Waals surface area contributed by atoms with Crippen LogP contribution in [-0.4, -0.2) is 30.6 Å². The average Bonchev–Trinajstić information content (AvgIpc) is 3.08. The maximum atomic E-state index is 12.2. The third-order valence-electron chi connectivity index (χ3n) is 3.16. The predicted octanol–water partition coefficient (Wildman–Crippen LogP) is 2.88. The van der Waals surface area contributed by atoms with Gasteiger partial charge in [0.25, 0.3) is 0 Å². The van der Waals surface area contributed by atoms with Gasteiger partial charge in [0.1, 0.15) is 10.9 Å². The first kappa shape index (κ1) is 14.2. The summed E-state index contributed by atoms with van der Waals surface area (Å²) < 4.78 is 6.19. The molecule has 0 spiro atoms. The Labute approximate surface area is 131 Å². The highest BCUT2D eigenvalue weighted by molar-refractivity contribution is 8.24. The number of thiocarbonyl (C=S) groups is 1. The molecule has 21 heavy (non-hydrogen) atoms. The van der Waals surface area contributed by atoms with Gasteiger partial charge in [-0.15, -0.1) is 10.2 Å². The molecule has 2 heterocycles. The molecule has 5 nitrogen and oxygen atoms in total. The zero-order valence-corrected chi connectivity index (χ0v) is 13.0. The van der Waals surface area contributed by atoms with Gasteiger partial charge in [0.05, 0.1) is 5.25 Å². The second-order valence-electron chi connectivity index (χ2n) is 4.57. The van der Waals surface area contributed by atoms with Crippen molar-refractivity contribution in [3.05, 3.63) is 36.2 Å². The van der Waals surface area contributed by atoms with Gasteiger partial charge in [0.2, 0.25) is 17.7 Å². The Morgan fingerprint density at radius 2 is 2.10 bits per heavy atom. The van der Waals surface area contributed by atoms with E-state index >= 15 is 0 Å². The minimum absolute atomic E-state index is 0.0203. The van der Waals surface area contributed by atoms with Gasteiger partial charge in [-0.3, -0.25) is 9.69 Å². The molecule has 1 aliphatic heterocycles. The lowest BCUT2D eigenvalue weighted by Gasteiger charge is -2.12. The van der Waals surface area contributed by atoms with Crippen LogP contribution in [0, 0.1) is 0 Å². The molecule has 0 aliphatic carbocycles. The van der Waals surface area contributed by atoms with Gasteiger partial charge in [-0.25, -0.2) is 0 Å². The number of rotatable bonds is 4. The van der Waals surface area contributed by atoms with Gasteiger partial charge in [-0.2, -0.15) is 0 Å². The number of aromatic nitrogens is 2. The van der Waals surface area contributed by atoms with Crippen molar-refractivity contribution in [3.8, 4) is 11.5 Å². The average molecular weight is 319 g/mol. The van der Waals surface area contributed by atoms with Crippen molar-refractivity contribution in [2.24, 2.45) is 0 Å². The van der Waals surface area contributed by atoms with E-state index in [-0.39, 0.29) is 17.7 Å². The topological polar surface area (TPSA) is 59.2 Å². The molecule has 0 saturated carbocycles. The molecular weight excluding hydrogens is 306 g/mol. The number of carbonyl (C=O) groups excluding carboxylic acids is 1. The summed E-state index contributed by atoms with van der Waals surface area (Å²) in [7, 11) is 0. The van der Waals surface area contributed by atoms with Gasteiger partial charge in [0.15, 0.2) is 0 Å². The lowest BCUT2D eigenvalue weighted by Crippen LogP contribution is -2.30. The first-order chi connectivity index (χ1) is 10.2. The molecule has 0 bridgehead atoms. The molecule has 2 aromatic rings. The van der Waals surface area contributed by atoms with Crippen LogP contribution in [-0.2, 0) is 11.3 Å². The number of carbonyl (C=O) groups is 1. The summed E-state index contributed by atoms with van der Waals surface area (Å²) in [6.45, 7) is 2.21. The standard InChI is InChI=1S/C14H13N3O2S2/c1-2-10-13(18)17(14(20)21-10)8-11-15-16-12(19-11)9-6-4-3-5-7-9/h3-7,10H,2,8H2,1H3. The van der Waals surface area contributed by atoms with E-state index in [1.54, 1.807) is 0 Å². The SMILES string of the molecule is CCC1SC(=S)N(Cc2nnc(-c3ccccc3)o2)C1=O. The van der Waals surface area contributed by atoms with E-state index in [0.717, 1.165) is 12.0 Å². The van der Waals surface area contributed by atoms with Crippen molar-refractivity contribution in [1.29, 1.82) is 0 Å². The van der Waals surface area contributed by atoms with Crippen LogP contribution < -0.4 is 0 Å². The molecule has 1 amide bonds. The maximum absolute atomic E-state index is 12.2. The van der Waals surface area contributed by atoms with Crippen LogP contribution in [0.3, 0.4) is 0 Å². The lowest BCUT2D eigenvalue weighted by atomic mass is 10.2. The highest BCUT2D eigenvalue weighted by Gasteiger charge is 2.36. The van der Waals surface area contributed by atoms with Crippen molar-refractivity contribution < 1.29 is 9.21 Å². The smallest absolute Gasteiger partial charge is 0.247 e. The van der Waals surface area contributed by atoms with Crippen molar-refractivity contribution in [3.63, 3.8) is 0 Å². The van der Waals surface area contributed by atoms with Crippen LogP contribution in [0.25, 0.3) is 11.5 Å². The number of hydrogen-bond donors (Lipinski definition) is 0. The highest BCUT2D eigenvalue weighted by atomic mass is 32.2. The lowest BCUT2D eigenvalue weighted by molar-refractivity contribution is -0.126. The van der Waals surface area contributed by atoms with Gasteiger partial charge in [0, 0.05) is 5.56 Å². The van der Waals surface area contributed by atoms with Crippen molar-refractivity contribution in [2.75, 3.05) is 0 Å². The third kappa shape index (κ3) is 2.84. The zero-order chi connectivity index (χ0) is 14.8. The quantitative estimate of drug-likeness (QED) is 0.808. The molecule has 0 radical (unpaired) electrons. The summed E-state index contributed by atoms with van der Waals surface area (Å²) in [5.41, 5.74) is 0.854. The van der Waals surface area contributed by atoms with Crippen LogP contribution in [0.5, 0.6) is 0 Å². The predicted molar refractivity (Wildman–Crippen MR) is 84.6 cm³/mol. The fraction of sp³-hybridized carbons (Fsp3) is 0.286. The summed E-state index contributed by atoms with van der Waals surface area (Å²) >= 11 is 6.66. The molecule has 1 aromatic carbocycles. The highest BCUT2D eigenvalue weighted by Crippen LogP contribution is 2.30. The molecule has 0 N–H and O–H groups in total. The second kappa shape index (κ2) is 5.95. The summed E-state index contributed by atoms with van der Waals surface area (Å²) in [6.07, 6.45) is 0.763. The first-order valence-electron chi connectivity index (χ1n) is 6.59. The second-order valence-corrected chi connectivity index (χ2v) is 6.41. The normalized spacial score (nSPS) is 18.5. The van der Waals surface area contributed by atoms with Gasteiger partial charge in [-0.1, -0.05) is 49.1 Å². The van der Waals surface area contributed by atoms with Crippen molar-refractivity contribution in [1.82, 2.24) is 15.1 Å². The van der Waals surface area contributed by atoms with Gasteiger partial charge in [-0.05, 0) is 18.6 Å². The Hall–Kier alpha value is -1.73. The number of benzene rings is 1. The molecule has 108 valence electrons. The summed E-state index contributed by atoms with van der Waals surface area (Å²) in [5.74, 6) is 0.858. The molecule has 1 aliphatic rings. The fourth-order valence-corrected chi connectivity index (χ4v) is 3.47. The van der Waals surface area contributed by atoms with E-state index < -0.39 is 0 Å². The van der Waals surface area contributed by atoms with E-state index in [9.17, 15) is 4.79 Å². The van der Waals surface area contributed by atoms with Crippen LogP contribution in [0.15, 0.2) is 34.7 Å². The number of nitrogens with zero attached hydrogens (tertiary/aromatic N) is 3. The van der Waals surface area contributed by atoms with E-state index in [1.807, 2.05) is 37.3 Å². The first-order valence-corrected chi connectivity index (χ1v) is 7.87. The van der Waals surface area contributed by atoms with Gasteiger partial charge >= 0.3 is 0 Å². The number of amides is 1. The van der Waals surface area contributed by atoms with Crippen molar-refractivity contribution >= 4 is 34.2 Å². The van der Waals surface area contributed by atoms with Crippen molar-refractivity contribution in [2.45, 2.75) is 25.1 Å². The summed E-state index contributed by atoms with van der Waals surface area (Å²) in [6, 6.07) is 9.52. The van der Waals surface area contributed by atoms with Crippen LogP contribution >= 0.6 is 24.0 Å². The van der Waals surface area contributed by atoms with E-state index in [4.69, 9.17) is 16.6 Å². The van der Waals surface area contributed by atoms with E-state index in [0.29, 0.717) is 16.1 Å². The molecule has 3 rings (SSSR count). The Bertz CT molecular complexity index is 672. The summed E-state index contributed by atoms with van der Waals surface area (Å²) in [4.78, 5) is 13.7. The van der Waals surface area contributed by atoms with E-state index in [1.165, 1.54) is 16.7 Å². The maximum Gasteiger partial charge on any atom is 0.247 e.